The van der Waals surface area contributed by atoms with E-state index in [1.165, 1.54) is 11.9 Å². The number of nitrogens with zero attached hydrogens (tertiary/aromatic N) is 1. The van der Waals surface area contributed by atoms with Crippen molar-refractivity contribution in [1.82, 2.24) is 4.72 Å². The summed E-state index contributed by atoms with van der Waals surface area (Å²) in [5.74, 6) is 0. The molecule has 5 heteroatoms. The molecular formula is C3H6N2S3. The van der Waals surface area contributed by atoms with E-state index in [1.807, 2.05) is 6.26 Å². The predicted octanol–water partition coefficient (Wildman–Crippen LogP) is 1.17. The van der Waals surface area contributed by atoms with E-state index in [-0.39, 0.29) is 4.33 Å². The van der Waals surface area contributed by atoms with Crippen LogP contribution in [-0.4, -0.2) is 16.1 Å². The molecule has 1 atom stereocenters. The highest BCUT2D eigenvalue weighted by molar-refractivity contribution is 8.16. The summed E-state index contributed by atoms with van der Waals surface area (Å²) in [6.45, 7) is 0. The maximum absolute atomic E-state index is 4.21. The van der Waals surface area contributed by atoms with Crippen LogP contribution in [-0.2, 0) is 0 Å². The highest BCUT2D eigenvalue weighted by Crippen LogP contribution is 2.31. The number of hydrogen-bond acceptors (Lipinski definition) is 5. The van der Waals surface area contributed by atoms with Crippen molar-refractivity contribution in [2.24, 2.45) is 4.99 Å². The van der Waals surface area contributed by atoms with Crippen molar-refractivity contribution >= 4 is 41.9 Å². The van der Waals surface area contributed by atoms with Gasteiger partial charge in [-0.25, -0.2) is 9.71 Å². The lowest BCUT2D eigenvalue weighted by Crippen LogP contribution is -2.23. The van der Waals surface area contributed by atoms with Crippen LogP contribution in [0, 0.1) is 0 Å². The van der Waals surface area contributed by atoms with Crippen LogP contribution in [0.4, 0.5) is 0 Å². The third-order valence-electron chi connectivity index (χ3n) is 0.757. The Morgan fingerprint density at radius 2 is 2.75 bits per heavy atom. The molecule has 46 valence electrons. The Kier molecular flexibility index (Phi) is 2.13. The molecule has 0 radical (unpaired) electrons. The lowest BCUT2D eigenvalue weighted by Gasteiger charge is -2.14. The fourth-order valence-electron chi connectivity index (χ4n) is 0.322. The first kappa shape index (κ1) is 6.80. The lowest BCUT2D eigenvalue weighted by molar-refractivity contribution is 0.877. The molecule has 0 saturated carbocycles. The van der Waals surface area contributed by atoms with E-state index in [4.69, 9.17) is 0 Å². The summed E-state index contributed by atoms with van der Waals surface area (Å²) in [7, 11) is 0. The van der Waals surface area contributed by atoms with Gasteiger partial charge >= 0.3 is 0 Å². The van der Waals surface area contributed by atoms with Gasteiger partial charge in [-0.05, 0) is 18.2 Å². The first-order chi connectivity index (χ1) is 3.77. The molecule has 2 nitrogen and oxygen atoms in total. The van der Waals surface area contributed by atoms with Crippen LogP contribution >= 0.6 is 36.3 Å². The number of thioether (sulfide) groups is 1. The van der Waals surface area contributed by atoms with Gasteiger partial charge in [-0.3, -0.25) is 0 Å². The summed E-state index contributed by atoms with van der Waals surface area (Å²) in [6, 6.07) is 0. The van der Waals surface area contributed by atoms with Crippen LogP contribution in [0.1, 0.15) is 0 Å². The molecular weight excluding hydrogens is 160 g/mol. The second-order valence-electron chi connectivity index (χ2n) is 1.27. The number of aliphatic imine (C=N–C) groups is 1. The topological polar surface area (TPSA) is 24.4 Å². The molecule has 0 aromatic heterocycles. The molecule has 8 heavy (non-hydrogen) atoms. The highest BCUT2D eigenvalue weighted by Gasteiger charge is 2.24. The van der Waals surface area contributed by atoms with E-state index in [2.05, 4.69) is 22.3 Å². The van der Waals surface area contributed by atoms with E-state index in [0.29, 0.717) is 0 Å². The van der Waals surface area contributed by atoms with Crippen LogP contribution in [0.3, 0.4) is 0 Å². The summed E-state index contributed by atoms with van der Waals surface area (Å²) in [5, 5.41) is 0. The average molecular weight is 166 g/mol. The maximum atomic E-state index is 4.21. The molecule has 0 saturated heterocycles. The molecule has 0 aromatic rings. The molecule has 0 aromatic carbocycles. The Balaban J connectivity index is 2.54. The van der Waals surface area contributed by atoms with E-state index < -0.39 is 0 Å². The Hall–Kier alpha value is 0.680. The average Bonchev–Trinajstić information content (AvgIpc) is 2.17. The molecule has 1 unspecified atom stereocenters. The fourth-order valence-corrected chi connectivity index (χ4v) is 1.79. The standard InChI is InChI=1S/C3H6N2S3/c1-7-3(6)4-2-8-5-3/h2,5-6H,1H3. The predicted molar refractivity (Wildman–Crippen MR) is 44.5 cm³/mol. The molecule has 1 aliphatic heterocycles. The number of rotatable bonds is 1. The van der Waals surface area contributed by atoms with Gasteiger partial charge in [0.2, 0.25) is 4.33 Å². The first-order valence-corrected chi connectivity index (χ1v) is 4.56. The summed E-state index contributed by atoms with van der Waals surface area (Å²) in [4.78, 5) is 4.04. The van der Waals surface area contributed by atoms with E-state index in [1.54, 1.807) is 17.3 Å². The van der Waals surface area contributed by atoms with E-state index in [9.17, 15) is 0 Å². The van der Waals surface area contributed by atoms with E-state index in [0.717, 1.165) is 0 Å². The monoisotopic (exact) mass is 166 g/mol. The zero-order valence-electron chi connectivity index (χ0n) is 4.29. The van der Waals surface area contributed by atoms with Crippen molar-refractivity contribution in [2.45, 2.75) is 4.33 Å². The van der Waals surface area contributed by atoms with Gasteiger partial charge in [0.05, 0.1) is 5.55 Å². The van der Waals surface area contributed by atoms with Gasteiger partial charge in [0.25, 0.3) is 0 Å². The SMILES string of the molecule is CSC1(S)N=CSN1. The normalized spacial score (nSPS) is 36.2. The smallest absolute Gasteiger partial charge is 0.212 e. The molecule has 0 fully saturated rings. The van der Waals surface area contributed by atoms with Crippen molar-refractivity contribution in [3.63, 3.8) is 0 Å². The van der Waals surface area contributed by atoms with Crippen LogP contribution in [0.5, 0.6) is 0 Å². The minimum atomic E-state index is -0.370. The zero-order valence-corrected chi connectivity index (χ0v) is 6.82. The summed E-state index contributed by atoms with van der Waals surface area (Å²) in [6.07, 6.45) is 1.96. The second-order valence-corrected chi connectivity index (χ2v) is 3.87. The molecule has 1 N–H and O–H groups in total. The third kappa shape index (κ3) is 1.34. The van der Waals surface area contributed by atoms with Crippen molar-refractivity contribution in [3.8, 4) is 0 Å². The Bertz CT molecular complexity index is 115. The summed E-state index contributed by atoms with van der Waals surface area (Å²) < 4.78 is 2.63. The molecule has 0 amide bonds. The van der Waals surface area contributed by atoms with Crippen molar-refractivity contribution in [2.75, 3.05) is 6.26 Å². The first-order valence-electron chi connectivity index (χ1n) is 2.01. The lowest BCUT2D eigenvalue weighted by atomic mass is 11.1. The van der Waals surface area contributed by atoms with Gasteiger partial charge in [0.15, 0.2) is 0 Å². The van der Waals surface area contributed by atoms with Crippen LogP contribution in [0.2, 0.25) is 0 Å². The molecule has 1 aliphatic rings. The molecule has 0 bridgehead atoms. The molecule has 0 aliphatic carbocycles. The Morgan fingerprint density at radius 3 is 3.00 bits per heavy atom. The number of thiol groups is 1. The Labute approximate surface area is 62.4 Å². The van der Waals surface area contributed by atoms with Gasteiger partial charge in [0, 0.05) is 0 Å². The van der Waals surface area contributed by atoms with Gasteiger partial charge in [-0.2, -0.15) is 0 Å². The largest absolute Gasteiger partial charge is 0.241 e. The molecule has 0 spiro atoms. The minimum Gasteiger partial charge on any atom is -0.241 e. The van der Waals surface area contributed by atoms with Crippen molar-refractivity contribution in [1.29, 1.82) is 0 Å². The zero-order chi connectivity index (χ0) is 6.04. The number of nitrogens with one attached hydrogen (secondary N) is 1. The quantitative estimate of drug-likeness (QED) is 0.347. The summed E-state index contributed by atoms with van der Waals surface area (Å²) >= 11 is 7.25. The van der Waals surface area contributed by atoms with Crippen LogP contribution in [0.25, 0.3) is 0 Å². The van der Waals surface area contributed by atoms with Gasteiger partial charge in [0.1, 0.15) is 0 Å². The van der Waals surface area contributed by atoms with Crippen molar-refractivity contribution in [3.05, 3.63) is 0 Å². The summed E-state index contributed by atoms with van der Waals surface area (Å²) in [5.41, 5.74) is 1.75. The Morgan fingerprint density at radius 1 is 2.00 bits per heavy atom. The van der Waals surface area contributed by atoms with Gasteiger partial charge < -0.3 is 0 Å². The third-order valence-corrected chi connectivity index (χ3v) is 3.21. The van der Waals surface area contributed by atoms with Crippen LogP contribution in [0.15, 0.2) is 4.99 Å². The molecule has 1 rings (SSSR count). The second kappa shape index (κ2) is 2.51. The minimum absolute atomic E-state index is 0.370. The highest BCUT2D eigenvalue weighted by atomic mass is 32.2. The fraction of sp³-hybridized carbons (Fsp3) is 0.667. The van der Waals surface area contributed by atoms with E-state index >= 15 is 0 Å². The van der Waals surface area contributed by atoms with Gasteiger partial charge in [-0.15, -0.1) is 24.4 Å². The number of hydrogen-bond donors (Lipinski definition) is 2. The molecule has 1 heterocycles. The van der Waals surface area contributed by atoms with Crippen LogP contribution < -0.4 is 4.72 Å². The van der Waals surface area contributed by atoms with Crippen molar-refractivity contribution < 1.29 is 0 Å². The van der Waals surface area contributed by atoms with Gasteiger partial charge in [-0.1, -0.05) is 0 Å². The maximum Gasteiger partial charge on any atom is 0.212 e.